The van der Waals surface area contributed by atoms with Crippen LogP contribution in [0.25, 0.3) is 0 Å². The molecule has 1 aliphatic heterocycles. The van der Waals surface area contributed by atoms with E-state index < -0.39 is 17.1 Å². The minimum absolute atomic E-state index is 0.167. The fourth-order valence-corrected chi connectivity index (χ4v) is 2.70. The summed E-state index contributed by atoms with van der Waals surface area (Å²) in [6, 6.07) is 0. The first-order valence-electron chi connectivity index (χ1n) is 5.84. The third kappa shape index (κ3) is 2.08. The molecule has 2 rings (SSSR count). The number of ether oxygens (including phenoxy) is 1. The van der Waals surface area contributed by atoms with Crippen LogP contribution in [0.5, 0.6) is 0 Å². The molecule has 5 heteroatoms. The Morgan fingerprint density at radius 3 is 2.19 bits per heavy atom. The molecule has 16 heavy (non-hydrogen) atoms. The maximum absolute atomic E-state index is 13.1. The van der Waals surface area contributed by atoms with Gasteiger partial charge in [0.05, 0.1) is 6.61 Å². The van der Waals surface area contributed by atoms with Crippen LogP contribution in [0.4, 0.5) is 8.78 Å². The van der Waals surface area contributed by atoms with Gasteiger partial charge in [0.1, 0.15) is 5.60 Å². The van der Waals surface area contributed by atoms with Crippen molar-refractivity contribution in [3.05, 3.63) is 0 Å². The molecule has 1 heterocycles. The van der Waals surface area contributed by atoms with Crippen molar-refractivity contribution < 1.29 is 18.6 Å². The second-order valence-corrected chi connectivity index (χ2v) is 5.20. The Labute approximate surface area is 94.0 Å². The lowest BCUT2D eigenvalue weighted by molar-refractivity contribution is -0.157. The number of aliphatic hydroxyl groups is 1. The molecule has 0 aromatic rings. The van der Waals surface area contributed by atoms with Crippen molar-refractivity contribution in [1.29, 1.82) is 0 Å². The largest absolute Gasteiger partial charge is 0.386 e. The summed E-state index contributed by atoms with van der Waals surface area (Å²) in [6.07, 6.45) is 1.16. The van der Waals surface area contributed by atoms with Gasteiger partial charge in [0.25, 0.3) is 0 Å². The van der Waals surface area contributed by atoms with E-state index in [9.17, 15) is 13.9 Å². The van der Waals surface area contributed by atoms with Gasteiger partial charge in [-0.25, -0.2) is 8.78 Å². The molecule has 3 N–H and O–H groups in total. The van der Waals surface area contributed by atoms with Crippen LogP contribution in [0.3, 0.4) is 0 Å². The topological polar surface area (TPSA) is 55.5 Å². The number of hydrogen-bond donors (Lipinski definition) is 2. The second-order valence-electron chi connectivity index (χ2n) is 5.20. The van der Waals surface area contributed by atoms with Crippen LogP contribution in [-0.4, -0.2) is 35.4 Å². The second kappa shape index (κ2) is 3.89. The Morgan fingerprint density at radius 1 is 1.06 bits per heavy atom. The van der Waals surface area contributed by atoms with Crippen LogP contribution in [0.1, 0.15) is 38.5 Å². The van der Waals surface area contributed by atoms with Gasteiger partial charge in [0.2, 0.25) is 5.92 Å². The fourth-order valence-electron chi connectivity index (χ4n) is 2.70. The zero-order valence-corrected chi connectivity index (χ0v) is 9.35. The van der Waals surface area contributed by atoms with E-state index in [1.165, 1.54) is 0 Å². The highest BCUT2D eigenvalue weighted by Gasteiger charge is 2.53. The Hall–Kier alpha value is -0.260. The van der Waals surface area contributed by atoms with Gasteiger partial charge < -0.3 is 15.6 Å². The van der Waals surface area contributed by atoms with Crippen LogP contribution in [0, 0.1) is 0 Å². The maximum Gasteiger partial charge on any atom is 0.248 e. The van der Waals surface area contributed by atoms with E-state index in [4.69, 9.17) is 10.5 Å². The molecule has 0 bridgehead atoms. The average molecular weight is 235 g/mol. The van der Waals surface area contributed by atoms with Crippen molar-refractivity contribution in [3.63, 3.8) is 0 Å². The van der Waals surface area contributed by atoms with Gasteiger partial charge in [0, 0.05) is 25.0 Å². The van der Waals surface area contributed by atoms with Crippen molar-refractivity contribution in [2.24, 2.45) is 5.73 Å². The van der Waals surface area contributed by atoms with E-state index in [0.29, 0.717) is 13.0 Å². The molecule has 1 saturated heterocycles. The number of hydrogen-bond acceptors (Lipinski definition) is 3. The molecule has 2 aliphatic rings. The molecular weight excluding hydrogens is 216 g/mol. The monoisotopic (exact) mass is 235 g/mol. The standard InChI is InChI=1S/C11H19F2NO2/c12-11(13)5-3-9(14,4-6-11)10(15)2-1-7-16-8-10/h15H,1-8,14H2. The lowest BCUT2D eigenvalue weighted by Crippen LogP contribution is -2.66. The number of nitrogens with two attached hydrogens (primary N) is 1. The Kier molecular flexibility index (Phi) is 2.97. The summed E-state index contributed by atoms with van der Waals surface area (Å²) in [4.78, 5) is 0. The van der Waals surface area contributed by atoms with E-state index in [1.807, 2.05) is 0 Å². The number of rotatable bonds is 1. The summed E-state index contributed by atoms with van der Waals surface area (Å²) in [6.45, 7) is 0.795. The highest BCUT2D eigenvalue weighted by molar-refractivity contribution is 5.07. The smallest absolute Gasteiger partial charge is 0.248 e. The van der Waals surface area contributed by atoms with E-state index in [0.717, 1.165) is 6.42 Å². The molecule has 3 nitrogen and oxygen atoms in total. The molecule has 1 saturated carbocycles. The van der Waals surface area contributed by atoms with Crippen LogP contribution < -0.4 is 5.73 Å². The first-order chi connectivity index (χ1) is 7.37. The first kappa shape index (κ1) is 12.2. The Balaban J connectivity index is 2.07. The predicted molar refractivity (Wildman–Crippen MR) is 55.3 cm³/mol. The molecular formula is C11H19F2NO2. The Bertz CT molecular complexity index is 255. The lowest BCUT2D eigenvalue weighted by atomic mass is 9.67. The summed E-state index contributed by atoms with van der Waals surface area (Å²) >= 11 is 0. The molecule has 2 fully saturated rings. The molecule has 0 amide bonds. The van der Waals surface area contributed by atoms with Gasteiger partial charge >= 0.3 is 0 Å². The normalized spacial score (nSPS) is 38.2. The molecule has 0 spiro atoms. The van der Waals surface area contributed by atoms with Crippen molar-refractivity contribution in [2.45, 2.75) is 55.6 Å². The first-order valence-corrected chi connectivity index (χ1v) is 5.84. The lowest BCUT2D eigenvalue weighted by Gasteiger charge is -2.49. The van der Waals surface area contributed by atoms with Crippen LogP contribution >= 0.6 is 0 Å². The quantitative estimate of drug-likeness (QED) is 0.723. The average Bonchev–Trinajstić information content (AvgIpc) is 2.24. The van der Waals surface area contributed by atoms with E-state index in [1.54, 1.807) is 0 Å². The fraction of sp³-hybridized carbons (Fsp3) is 1.00. The van der Waals surface area contributed by atoms with Gasteiger partial charge in [-0.3, -0.25) is 0 Å². The van der Waals surface area contributed by atoms with Crippen molar-refractivity contribution >= 4 is 0 Å². The SMILES string of the molecule is NC1(C2(O)CCCOC2)CCC(F)(F)CC1. The molecule has 1 unspecified atom stereocenters. The molecule has 0 aromatic heterocycles. The van der Waals surface area contributed by atoms with Crippen molar-refractivity contribution in [2.75, 3.05) is 13.2 Å². The predicted octanol–water partition coefficient (Wildman–Crippen LogP) is 1.43. The molecule has 0 aromatic carbocycles. The molecule has 94 valence electrons. The summed E-state index contributed by atoms with van der Waals surface area (Å²) in [7, 11) is 0. The summed E-state index contributed by atoms with van der Waals surface area (Å²) in [5, 5.41) is 10.4. The molecule has 1 aliphatic carbocycles. The third-order valence-electron chi connectivity index (χ3n) is 4.02. The van der Waals surface area contributed by atoms with Crippen molar-refractivity contribution in [3.8, 4) is 0 Å². The minimum atomic E-state index is -2.62. The number of alkyl halides is 2. The summed E-state index contributed by atoms with van der Waals surface area (Å²) in [5.74, 6) is -2.62. The van der Waals surface area contributed by atoms with Crippen molar-refractivity contribution in [1.82, 2.24) is 0 Å². The van der Waals surface area contributed by atoms with Crippen LogP contribution in [0.15, 0.2) is 0 Å². The van der Waals surface area contributed by atoms with Gasteiger partial charge in [-0.05, 0) is 25.7 Å². The van der Waals surface area contributed by atoms with E-state index in [2.05, 4.69) is 0 Å². The zero-order valence-electron chi connectivity index (χ0n) is 9.35. The van der Waals surface area contributed by atoms with Crippen LogP contribution in [0.2, 0.25) is 0 Å². The Morgan fingerprint density at radius 2 is 1.69 bits per heavy atom. The van der Waals surface area contributed by atoms with Gasteiger partial charge in [0.15, 0.2) is 0 Å². The summed E-state index contributed by atoms with van der Waals surface area (Å²) in [5.41, 5.74) is 4.09. The maximum atomic E-state index is 13.1. The minimum Gasteiger partial charge on any atom is -0.386 e. The summed E-state index contributed by atoms with van der Waals surface area (Å²) < 4.78 is 31.4. The van der Waals surface area contributed by atoms with Gasteiger partial charge in [-0.2, -0.15) is 0 Å². The zero-order chi connectivity index (χ0) is 11.9. The van der Waals surface area contributed by atoms with Gasteiger partial charge in [-0.1, -0.05) is 0 Å². The third-order valence-corrected chi connectivity index (χ3v) is 4.02. The highest BCUT2D eigenvalue weighted by atomic mass is 19.3. The van der Waals surface area contributed by atoms with Crippen LogP contribution in [-0.2, 0) is 4.74 Å². The number of halogens is 2. The van der Waals surface area contributed by atoms with E-state index >= 15 is 0 Å². The van der Waals surface area contributed by atoms with E-state index in [-0.39, 0.29) is 32.3 Å². The van der Waals surface area contributed by atoms with Gasteiger partial charge in [-0.15, -0.1) is 0 Å². The highest BCUT2D eigenvalue weighted by Crippen LogP contribution is 2.44. The molecule has 0 radical (unpaired) electrons. The molecule has 1 atom stereocenters.